The molecule has 2 aromatic rings. The molecule has 0 fully saturated rings. The molecule has 0 saturated carbocycles. The fourth-order valence-corrected chi connectivity index (χ4v) is 2.19. The second-order valence-corrected chi connectivity index (χ2v) is 4.74. The van der Waals surface area contributed by atoms with Crippen molar-refractivity contribution in [2.24, 2.45) is 0 Å². The fourth-order valence-electron chi connectivity index (χ4n) is 2.19. The van der Waals surface area contributed by atoms with Gasteiger partial charge in [-0.2, -0.15) is 0 Å². The summed E-state index contributed by atoms with van der Waals surface area (Å²) in [6.45, 7) is 6.67. The van der Waals surface area contributed by atoms with Crippen LogP contribution in [0.4, 0.5) is 5.69 Å². The zero-order valence-electron chi connectivity index (χ0n) is 12.2. The van der Waals surface area contributed by atoms with Crippen LogP contribution in [-0.2, 0) is 6.42 Å². The first-order valence-electron chi connectivity index (χ1n) is 6.98. The minimum Gasteiger partial charge on any atom is -0.456 e. The number of hydrogen-bond donors (Lipinski definition) is 0. The summed E-state index contributed by atoms with van der Waals surface area (Å²) in [5.74, 6) is 1.16. The first kappa shape index (κ1) is 14.3. The Bertz CT molecular complexity index is 575. The number of anilines is 1. The van der Waals surface area contributed by atoms with Gasteiger partial charge in [0.05, 0.1) is 11.9 Å². The Morgan fingerprint density at radius 2 is 2.20 bits per heavy atom. The Morgan fingerprint density at radius 1 is 1.40 bits per heavy atom. The standard InChI is InChI=1S/C16H20N2O2/c1-4-9-18(13-7-6-8-17-11-13)16(19)15-10-12(3)14(5-2)20-15/h6-8,10-11H,4-5,9H2,1-3H3. The maximum Gasteiger partial charge on any atom is 0.294 e. The number of furan rings is 1. The fraction of sp³-hybridized carbons (Fsp3) is 0.375. The molecular formula is C16H20N2O2. The first-order chi connectivity index (χ1) is 9.67. The third kappa shape index (κ3) is 2.90. The molecule has 2 aromatic heterocycles. The molecule has 0 unspecified atom stereocenters. The molecule has 20 heavy (non-hydrogen) atoms. The number of hydrogen-bond acceptors (Lipinski definition) is 3. The highest BCUT2D eigenvalue weighted by Gasteiger charge is 2.21. The molecule has 0 aliphatic heterocycles. The number of aryl methyl sites for hydroxylation is 2. The maximum atomic E-state index is 12.6. The number of carbonyl (C=O) groups is 1. The molecule has 0 atom stereocenters. The summed E-state index contributed by atoms with van der Waals surface area (Å²) < 4.78 is 5.66. The van der Waals surface area contributed by atoms with Crippen LogP contribution in [-0.4, -0.2) is 17.4 Å². The lowest BCUT2D eigenvalue weighted by Gasteiger charge is -2.20. The smallest absolute Gasteiger partial charge is 0.294 e. The molecule has 0 N–H and O–H groups in total. The second-order valence-electron chi connectivity index (χ2n) is 4.74. The molecule has 106 valence electrons. The zero-order valence-corrected chi connectivity index (χ0v) is 12.2. The van der Waals surface area contributed by atoms with E-state index in [2.05, 4.69) is 4.98 Å². The largest absolute Gasteiger partial charge is 0.456 e. The van der Waals surface area contributed by atoms with Gasteiger partial charge in [-0.3, -0.25) is 9.78 Å². The van der Waals surface area contributed by atoms with Crippen LogP contribution in [0.1, 0.15) is 42.1 Å². The van der Waals surface area contributed by atoms with Crippen LogP contribution in [0.2, 0.25) is 0 Å². The van der Waals surface area contributed by atoms with Crippen LogP contribution < -0.4 is 4.90 Å². The Hall–Kier alpha value is -2.10. The Kier molecular flexibility index (Phi) is 4.56. The second kappa shape index (κ2) is 6.37. The van der Waals surface area contributed by atoms with Gasteiger partial charge in [-0.05, 0) is 37.1 Å². The van der Waals surface area contributed by atoms with E-state index in [0.717, 1.165) is 29.9 Å². The summed E-state index contributed by atoms with van der Waals surface area (Å²) >= 11 is 0. The number of carbonyl (C=O) groups excluding carboxylic acids is 1. The summed E-state index contributed by atoms with van der Waals surface area (Å²) in [7, 11) is 0. The van der Waals surface area contributed by atoms with E-state index >= 15 is 0 Å². The van der Waals surface area contributed by atoms with E-state index in [-0.39, 0.29) is 5.91 Å². The van der Waals surface area contributed by atoms with Crippen LogP contribution in [0.5, 0.6) is 0 Å². The number of nitrogens with zero attached hydrogens (tertiary/aromatic N) is 2. The topological polar surface area (TPSA) is 46.3 Å². The van der Waals surface area contributed by atoms with Gasteiger partial charge in [0.15, 0.2) is 5.76 Å². The van der Waals surface area contributed by atoms with Gasteiger partial charge in [-0.25, -0.2) is 0 Å². The van der Waals surface area contributed by atoms with E-state index in [1.807, 2.05) is 39.0 Å². The molecule has 0 aliphatic carbocycles. The highest BCUT2D eigenvalue weighted by Crippen LogP contribution is 2.20. The Labute approximate surface area is 119 Å². The molecular weight excluding hydrogens is 252 g/mol. The Balaban J connectivity index is 2.31. The molecule has 4 nitrogen and oxygen atoms in total. The van der Waals surface area contributed by atoms with Crippen LogP contribution in [0.3, 0.4) is 0 Å². The van der Waals surface area contributed by atoms with Crippen molar-refractivity contribution in [2.75, 3.05) is 11.4 Å². The lowest BCUT2D eigenvalue weighted by molar-refractivity contribution is 0.0958. The van der Waals surface area contributed by atoms with Gasteiger partial charge in [0, 0.05) is 19.2 Å². The monoisotopic (exact) mass is 272 g/mol. The molecule has 0 saturated heterocycles. The Morgan fingerprint density at radius 3 is 2.75 bits per heavy atom. The van der Waals surface area contributed by atoms with Gasteiger partial charge in [-0.1, -0.05) is 13.8 Å². The molecule has 0 aliphatic rings. The van der Waals surface area contributed by atoms with Crippen LogP contribution in [0.15, 0.2) is 35.0 Å². The van der Waals surface area contributed by atoms with E-state index < -0.39 is 0 Å². The van der Waals surface area contributed by atoms with Crippen molar-refractivity contribution in [1.82, 2.24) is 4.98 Å². The quantitative estimate of drug-likeness (QED) is 0.835. The lowest BCUT2D eigenvalue weighted by Crippen LogP contribution is -2.31. The van der Waals surface area contributed by atoms with Gasteiger partial charge in [0.25, 0.3) is 5.91 Å². The van der Waals surface area contributed by atoms with Crippen LogP contribution in [0, 0.1) is 6.92 Å². The summed E-state index contributed by atoms with van der Waals surface area (Å²) in [4.78, 5) is 18.4. The van der Waals surface area contributed by atoms with Gasteiger partial charge in [0.2, 0.25) is 0 Å². The maximum absolute atomic E-state index is 12.6. The predicted octanol–water partition coefficient (Wildman–Crippen LogP) is 3.60. The SMILES string of the molecule is CCCN(C(=O)c1cc(C)c(CC)o1)c1cccnc1. The summed E-state index contributed by atoms with van der Waals surface area (Å²) in [6, 6.07) is 5.54. The summed E-state index contributed by atoms with van der Waals surface area (Å²) in [5.41, 5.74) is 1.82. The van der Waals surface area contributed by atoms with Gasteiger partial charge >= 0.3 is 0 Å². The average Bonchev–Trinajstić information content (AvgIpc) is 2.86. The first-order valence-corrected chi connectivity index (χ1v) is 6.98. The number of pyridine rings is 1. The highest BCUT2D eigenvalue weighted by atomic mass is 16.4. The minimum absolute atomic E-state index is 0.109. The molecule has 1 amide bonds. The molecule has 2 heterocycles. The highest BCUT2D eigenvalue weighted by molar-refractivity contribution is 6.04. The van der Waals surface area contributed by atoms with E-state index in [1.165, 1.54) is 0 Å². The molecule has 0 aromatic carbocycles. The number of rotatable bonds is 5. The molecule has 0 bridgehead atoms. The van der Waals surface area contributed by atoms with Crippen molar-refractivity contribution < 1.29 is 9.21 Å². The normalized spacial score (nSPS) is 10.6. The van der Waals surface area contributed by atoms with Crippen molar-refractivity contribution in [3.63, 3.8) is 0 Å². The molecule has 4 heteroatoms. The van der Waals surface area contributed by atoms with E-state index in [4.69, 9.17) is 4.42 Å². The van der Waals surface area contributed by atoms with Crippen molar-refractivity contribution in [2.45, 2.75) is 33.6 Å². The zero-order chi connectivity index (χ0) is 14.5. The van der Waals surface area contributed by atoms with Crippen LogP contribution in [0.25, 0.3) is 0 Å². The van der Waals surface area contributed by atoms with Crippen molar-refractivity contribution in [3.8, 4) is 0 Å². The van der Waals surface area contributed by atoms with Crippen molar-refractivity contribution in [3.05, 3.63) is 47.7 Å². The predicted molar refractivity (Wildman–Crippen MR) is 79.0 cm³/mol. The molecule has 0 radical (unpaired) electrons. The number of aromatic nitrogens is 1. The molecule has 0 spiro atoms. The summed E-state index contributed by atoms with van der Waals surface area (Å²) in [5, 5.41) is 0. The van der Waals surface area contributed by atoms with Gasteiger partial charge in [-0.15, -0.1) is 0 Å². The van der Waals surface area contributed by atoms with Crippen molar-refractivity contribution in [1.29, 1.82) is 0 Å². The van der Waals surface area contributed by atoms with E-state index in [0.29, 0.717) is 12.3 Å². The van der Waals surface area contributed by atoms with E-state index in [1.54, 1.807) is 17.3 Å². The molecule has 2 rings (SSSR count). The van der Waals surface area contributed by atoms with Gasteiger partial charge < -0.3 is 9.32 Å². The lowest BCUT2D eigenvalue weighted by atomic mass is 10.2. The summed E-state index contributed by atoms with van der Waals surface area (Å²) in [6.07, 6.45) is 5.06. The minimum atomic E-state index is -0.109. The average molecular weight is 272 g/mol. The third-order valence-electron chi connectivity index (χ3n) is 3.20. The number of amides is 1. The third-order valence-corrected chi connectivity index (χ3v) is 3.20. The van der Waals surface area contributed by atoms with E-state index in [9.17, 15) is 4.79 Å². The van der Waals surface area contributed by atoms with Crippen molar-refractivity contribution >= 4 is 11.6 Å². The van der Waals surface area contributed by atoms with Gasteiger partial charge in [0.1, 0.15) is 5.76 Å². The van der Waals surface area contributed by atoms with Crippen LogP contribution >= 0.6 is 0 Å².